The molecule has 36 heavy (non-hydrogen) atoms. The van der Waals surface area contributed by atoms with Gasteiger partial charge in [-0.2, -0.15) is 23.5 Å². The van der Waals surface area contributed by atoms with Crippen molar-refractivity contribution >= 4 is 5.91 Å². The molecule has 1 aliphatic heterocycles. The molecule has 2 aromatic heterocycles. The Morgan fingerprint density at radius 3 is 2.67 bits per heavy atom. The van der Waals surface area contributed by atoms with Gasteiger partial charge in [0.15, 0.2) is 23.5 Å². The predicted molar refractivity (Wildman–Crippen MR) is 114 cm³/mol. The molecule has 0 radical (unpaired) electrons. The minimum atomic E-state index is -4.69. The third-order valence-corrected chi connectivity index (χ3v) is 5.57. The van der Waals surface area contributed by atoms with E-state index in [2.05, 4.69) is 10.1 Å². The smallest absolute Gasteiger partial charge is 0.425 e. The zero-order chi connectivity index (χ0) is 26.2. The largest absolute Gasteiger partial charge is 0.494 e. The molecule has 1 aromatic carbocycles. The van der Waals surface area contributed by atoms with Crippen molar-refractivity contribution in [1.82, 2.24) is 19.7 Å². The molecule has 0 saturated heterocycles. The normalized spacial score (nSPS) is 14.1. The van der Waals surface area contributed by atoms with Gasteiger partial charge in [-0.1, -0.05) is 0 Å². The van der Waals surface area contributed by atoms with Gasteiger partial charge in [0.1, 0.15) is 23.2 Å². The summed E-state index contributed by atoms with van der Waals surface area (Å²) < 4.78 is 78.2. The summed E-state index contributed by atoms with van der Waals surface area (Å²) in [5.41, 5.74) is 0.692. The summed E-state index contributed by atoms with van der Waals surface area (Å²) in [6.45, 7) is 0.894. The number of amides is 1. The number of hydrogen-bond acceptors (Lipinski definition) is 6. The van der Waals surface area contributed by atoms with E-state index in [1.54, 1.807) is 0 Å². The molecular weight excluding hydrogens is 489 g/mol. The van der Waals surface area contributed by atoms with Crippen LogP contribution in [0, 0.1) is 23.0 Å². The van der Waals surface area contributed by atoms with Crippen LogP contribution in [0.5, 0.6) is 11.5 Å². The zero-order valence-corrected chi connectivity index (χ0v) is 18.9. The van der Waals surface area contributed by atoms with Crippen molar-refractivity contribution in [2.45, 2.75) is 32.2 Å². The molecule has 188 valence electrons. The number of methoxy groups -OCH3 is 1. The van der Waals surface area contributed by atoms with Gasteiger partial charge in [-0.05, 0) is 19.1 Å². The molecule has 0 spiro atoms. The highest BCUT2D eigenvalue weighted by Gasteiger charge is 2.39. The van der Waals surface area contributed by atoms with Crippen LogP contribution in [0.25, 0.3) is 5.82 Å². The fraction of sp³-hybridized carbons (Fsp3) is 0.304. The van der Waals surface area contributed by atoms with E-state index in [1.807, 2.05) is 6.07 Å². The lowest BCUT2D eigenvalue weighted by Gasteiger charge is -2.28. The van der Waals surface area contributed by atoms with Crippen LogP contribution in [0.15, 0.2) is 30.6 Å². The van der Waals surface area contributed by atoms with E-state index in [0.717, 1.165) is 23.9 Å². The summed E-state index contributed by atoms with van der Waals surface area (Å²) in [7, 11) is 1.19. The van der Waals surface area contributed by atoms with Crippen LogP contribution >= 0.6 is 0 Å². The highest BCUT2D eigenvalue weighted by atomic mass is 19.4. The number of carbonyl (C=O) groups excluding carboxylic acids is 1. The van der Waals surface area contributed by atoms with E-state index in [0.29, 0.717) is 17.3 Å². The van der Waals surface area contributed by atoms with Gasteiger partial charge in [-0.25, -0.2) is 18.4 Å². The number of pyridine rings is 1. The van der Waals surface area contributed by atoms with Gasteiger partial charge in [0.25, 0.3) is 5.91 Å². The van der Waals surface area contributed by atoms with Gasteiger partial charge in [0, 0.05) is 37.3 Å². The first kappa shape index (κ1) is 24.9. The summed E-state index contributed by atoms with van der Waals surface area (Å²) >= 11 is 0. The molecule has 1 aliphatic rings. The maximum absolute atomic E-state index is 14.2. The molecule has 4 rings (SSSR count). The molecule has 8 nitrogen and oxygen atoms in total. The Balaban J connectivity index is 1.68. The number of carbonyl (C=O) groups is 1. The number of nitrogens with zero attached hydrogens (tertiary/aromatic N) is 5. The standard InChI is InChI=1S/C23H18F5N5O3/c1-12(23(26,27)28)36-18-4-3-13(8-29)20(35-2)19(18)22(34)32-6-5-17-14(10-32)11-33(31-17)21-16(25)7-15(24)9-30-21/h3-4,7,9,11-12H,5-6,10H2,1-2H3. The topological polar surface area (TPSA) is 93.3 Å². The van der Waals surface area contributed by atoms with Gasteiger partial charge < -0.3 is 14.4 Å². The van der Waals surface area contributed by atoms with Crippen LogP contribution in [0.4, 0.5) is 22.0 Å². The monoisotopic (exact) mass is 507 g/mol. The van der Waals surface area contributed by atoms with Crippen LogP contribution < -0.4 is 9.47 Å². The zero-order valence-electron chi connectivity index (χ0n) is 18.9. The molecule has 0 N–H and O–H groups in total. The maximum atomic E-state index is 14.2. The Labute approximate surface area is 201 Å². The van der Waals surface area contributed by atoms with Crippen molar-refractivity contribution in [3.8, 4) is 23.4 Å². The molecule has 1 amide bonds. The summed E-state index contributed by atoms with van der Waals surface area (Å²) in [4.78, 5) is 18.5. The third kappa shape index (κ3) is 4.66. The van der Waals surface area contributed by atoms with E-state index in [4.69, 9.17) is 9.47 Å². The number of aromatic nitrogens is 3. The Morgan fingerprint density at radius 2 is 2.03 bits per heavy atom. The Bertz CT molecular complexity index is 1370. The summed E-state index contributed by atoms with van der Waals surface area (Å²) in [5.74, 6) is -3.34. The maximum Gasteiger partial charge on any atom is 0.425 e. The number of halogens is 5. The number of alkyl halides is 3. The van der Waals surface area contributed by atoms with Crippen molar-refractivity contribution in [3.63, 3.8) is 0 Å². The Kier molecular flexibility index (Phi) is 6.53. The fourth-order valence-corrected chi connectivity index (χ4v) is 3.75. The molecule has 13 heteroatoms. The van der Waals surface area contributed by atoms with E-state index < -0.39 is 29.8 Å². The van der Waals surface area contributed by atoms with Gasteiger partial charge in [0.2, 0.25) is 0 Å². The predicted octanol–water partition coefficient (Wildman–Crippen LogP) is 3.95. The summed E-state index contributed by atoms with van der Waals surface area (Å²) in [6.07, 6.45) is -4.41. The molecule has 3 aromatic rings. The van der Waals surface area contributed by atoms with E-state index in [9.17, 15) is 32.0 Å². The quantitative estimate of drug-likeness (QED) is 0.486. The van der Waals surface area contributed by atoms with Gasteiger partial charge in [-0.15, -0.1) is 0 Å². The summed E-state index contributed by atoms with van der Waals surface area (Å²) in [6, 6.07) is 4.83. The van der Waals surface area contributed by atoms with E-state index in [1.165, 1.54) is 24.3 Å². The average Bonchev–Trinajstić information content (AvgIpc) is 3.25. The molecule has 1 unspecified atom stereocenters. The van der Waals surface area contributed by atoms with Crippen molar-refractivity contribution < 1.29 is 36.2 Å². The average molecular weight is 507 g/mol. The molecule has 0 saturated carbocycles. The molecule has 1 atom stereocenters. The van der Waals surface area contributed by atoms with Crippen LogP contribution in [0.3, 0.4) is 0 Å². The number of nitriles is 1. The van der Waals surface area contributed by atoms with Gasteiger partial charge in [0.05, 0.1) is 24.6 Å². The van der Waals surface area contributed by atoms with Crippen molar-refractivity contribution in [3.05, 3.63) is 64.6 Å². The Hall–Kier alpha value is -4.21. The lowest BCUT2D eigenvalue weighted by molar-refractivity contribution is -0.189. The minimum Gasteiger partial charge on any atom is -0.494 e. The molecule has 0 bridgehead atoms. The lowest BCUT2D eigenvalue weighted by Crippen LogP contribution is -2.37. The SMILES string of the molecule is COc1c(C#N)ccc(OC(C)C(F)(F)F)c1C(=O)N1CCc2nn(-c3ncc(F)cc3F)cc2C1. The lowest BCUT2D eigenvalue weighted by atomic mass is 10.0. The van der Waals surface area contributed by atoms with Gasteiger partial charge >= 0.3 is 6.18 Å². The number of rotatable bonds is 5. The minimum absolute atomic E-state index is 0.0226. The highest BCUT2D eigenvalue weighted by Crippen LogP contribution is 2.36. The second-order valence-corrected chi connectivity index (χ2v) is 7.91. The fourth-order valence-electron chi connectivity index (χ4n) is 3.75. The molecule has 0 aliphatic carbocycles. The van der Waals surface area contributed by atoms with Crippen LogP contribution in [-0.4, -0.2) is 51.5 Å². The first-order valence-corrected chi connectivity index (χ1v) is 10.6. The third-order valence-electron chi connectivity index (χ3n) is 5.57. The number of hydrogen-bond donors (Lipinski definition) is 0. The van der Waals surface area contributed by atoms with E-state index >= 15 is 0 Å². The van der Waals surface area contributed by atoms with Crippen molar-refractivity contribution in [1.29, 1.82) is 5.26 Å². The number of fused-ring (bicyclic) bond motifs is 1. The van der Waals surface area contributed by atoms with Crippen molar-refractivity contribution in [2.75, 3.05) is 13.7 Å². The highest BCUT2D eigenvalue weighted by molar-refractivity contribution is 6.00. The molecule has 3 heterocycles. The number of ether oxygens (including phenoxy) is 2. The second kappa shape index (κ2) is 9.44. The Morgan fingerprint density at radius 1 is 1.28 bits per heavy atom. The first-order valence-electron chi connectivity index (χ1n) is 10.6. The van der Waals surface area contributed by atoms with Gasteiger partial charge in [-0.3, -0.25) is 4.79 Å². The number of benzene rings is 1. The molecule has 0 fully saturated rings. The van der Waals surface area contributed by atoms with E-state index in [-0.39, 0.29) is 48.0 Å². The summed E-state index contributed by atoms with van der Waals surface area (Å²) in [5, 5.41) is 13.7. The van der Waals surface area contributed by atoms with Crippen LogP contribution in [0.2, 0.25) is 0 Å². The van der Waals surface area contributed by atoms with Crippen LogP contribution in [-0.2, 0) is 13.0 Å². The van der Waals surface area contributed by atoms with Crippen molar-refractivity contribution in [2.24, 2.45) is 0 Å². The van der Waals surface area contributed by atoms with Crippen LogP contribution in [0.1, 0.15) is 34.1 Å². The second-order valence-electron chi connectivity index (χ2n) is 7.91. The molecular formula is C23H18F5N5O3. The first-order chi connectivity index (χ1) is 17.0.